The first-order valence-corrected chi connectivity index (χ1v) is 8.87. The van der Waals surface area contributed by atoms with Gasteiger partial charge >= 0.3 is 0 Å². The van der Waals surface area contributed by atoms with Gasteiger partial charge in [-0.1, -0.05) is 42.5 Å². The largest absolute Gasteiger partial charge is 0.437 e. The van der Waals surface area contributed by atoms with Gasteiger partial charge in [0.25, 0.3) is 0 Å². The Morgan fingerprint density at radius 1 is 1.19 bits per heavy atom. The molecule has 1 fully saturated rings. The minimum Gasteiger partial charge on any atom is -0.437 e. The number of nitrogens with one attached hydrogen (secondary N) is 1. The molecule has 3 aromatic rings. The van der Waals surface area contributed by atoms with Crippen LogP contribution in [0.5, 0.6) is 0 Å². The predicted molar refractivity (Wildman–Crippen MR) is 101 cm³/mol. The lowest BCUT2D eigenvalue weighted by atomic mass is 10.2. The van der Waals surface area contributed by atoms with Crippen LogP contribution in [0, 0.1) is 0 Å². The minimum absolute atomic E-state index is 0.112. The van der Waals surface area contributed by atoms with Crippen molar-refractivity contribution in [2.75, 3.05) is 13.1 Å². The van der Waals surface area contributed by atoms with E-state index in [4.69, 9.17) is 4.42 Å². The molecule has 4 rings (SSSR count). The summed E-state index contributed by atoms with van der Waals surface area (Å²) in [6.07, 6.45) is 4.08. The second kappa shape index (κ2) is 7.54. The van der Waals surface area contributed by atoms with Gasteiger partial charge in [-0.2, -0.15) is 0 Å². The topological polar surface area (TPSA) is 58.4 Å². The van der Waals surface area contributed by atoms with Gasteiger partial charge in [0.2, 0.25) is 11.8 Å². The summed E-state index contributed by atoms with van der Waals surface area (Å²) in [6.45, 7) is 2.79. The third-order valence-corrected chi connectivity index (χ3v) is 4.56. The van der Waals surface area contributed by atoms with E-state index >= 15 is 0 Å². The highest BCUT2D eigenvalue weighted by molar-refractivity contribution is 5.91. The van der Waals surface area contributed by atoms with E-state index in [1.54, 1.807) is 6.08 Å². The van der Waals surface area contributed by atoms with Crippen LogP contribution in [0.1, 0.15) is 17.9 Å². The number of hydrogen-bond acceptors (Lipinski definition) is 4. The summed E-state index contributed by atoms with van der Waals surface area (Å²) in [4.78, 5) is 18.9. The molecule has 132 valence electrons. The monoisotopic (exact) mass is 347 g/mol. The minimum atomic E-state index is -0.112. The summed E-state index contributed by atoms with van der Waals surface area (Å²) in [5, 5.41) is 3.06. The standard InChI is InChI=1S/C21H21N3O2/c25-20(10-11-21-23-18-8-4-5-9-19(18)26-21)22-17-12-13-24(15-17)14-16-6-2-1-3-7-16/h1-11,17H,12-15H2,(H,22,25)/b11-10-/t17-/m1/s1. The Hall–Kier alpha value is -2.92. The molecule has 1 aliphatic heterocycles. The lowest BCUT2D eigenvalue weighted by molar-refractivity contribution is -0.117. The average Bonchev–Trinajstić information content (AvgIpc) is 3.27. The number of para-hydroxylation sites is 2. The van der Waals surface area contributed by atoms with Crippen molar-refractivity contribution in [3.63, 3.8) is 0 Å². The van der Waals surface area contributed by atoms with Crippen LogP contribution in [0.2, 0.25) is 0 Å². The van der Waals surface area contributed by atoms with Gasteiger partial charge < -0.3 is 9.73 Å². The van der Waals surface area contributed by atoms with Gasteiger partial charge in [-0.3, -0.25) is 9.69 Å². The summed E-state index contributed by atoms with van der Waals surface area (Å²) in [6, 6.07) is 18.1. The number of carbonyl (C=O) groups is 1. The van der Waals surface area contributed by atoms with Gasteiger partial charge in [0, 0.05) is 37.8 Å². The van der Waals surface area contributed by atoms with Crippen molar-refractivity contribution in [1.82, 2.24) is 15.2 Å². The van der Waals surface area contributed by atoms with Gasteiger partial charge in [-0.15, -0.1) is 0 Å². The number of benzene rings is 2. The first-order chi connectivity index (χ1) is 12.8. The van der Waals surface area contributed by atoms with Crippen LogP contribution in [0.3, 0.4) is 0 Å². The van der Waals surface area contributed by atoms with Crippen LogP contribution in [0.15, 0.2) is 65.1 Å². The quantitative estimate of drug-likeness (QED) is 0.720. The number of nitrogens with zero attached hydrogens (tertiary/aromatic N) is 2. The third kappa shape index (κ3) is 4.00. The summed E-state index contributed by atoms with van der Waals surface area (Å²) in [7, 11) is 0. The second-order valence-electron chi connectivity index (χ2n) is 6.57. The van der Waals surface area contributed by atoms with Crippen LogP contribution < -0.4 is 5.32 Å². The highest BCUT2D eigenvalue weighted by atomic mass is 16.3. The highest BCUT2D eigenvalue weighted by Gasteiger charge is 2.23. The molecule has 0 unspecified atom stereocenters. The highest BCUT2D eigenvalue weighted by Crippen LogP contribution is 2.16. The molecule has 0 saturated carbocycles. The van der Waals surface area contributed by atoms with Crippen molar-refractivity contribution in [2.24, 2.45) is 0 Å². The number of hydrogen-bond donors (Lipinski definition) is 1. The number of amides is 1. The van der Waals surface area contributed by atoms with Gasteiger partial charge in [0.15, 0.2) is 5.58 Å². The van der Waals surface area contributed by atoms with Crippen LogP contribution in [0.25, 0.3) is 17.2 Å². The lowest BCUT2D eigenvalue weighted by Crippen LogP contribution is -2.35. The van der Waals surface area contributed by atoms with Crippen LogP contribution >= 0.6 is 0 Å². The van der Waals surface area contributed by atoms with E-state index in [9.17, 15) is 4.79 Å². The Bertz CT molecular complexity index is 884. The zero-order chi connectivity index (χ0) is 17.8. The molecule has 1 aliphatic rings. The van der Waals surface area contributed by atoms with E-state index < -0.39 is 0 Å². The number of fused-ring (bicyclic) bond motifs is 1. The molecule has 2 aromatic carbocycles. The lowest BCUT2D eigenvalue weighted by Gasteiger charge is -2.16. The van der Waals surface area contributed by atoms with Crippen molar-refractivity contribution in [2.45, 2.75) is 19.0 Å². The second-order valence-corrected chi connectivity index (χ2v) is 6.57. The maximum atomic E-state index is 12.2. The summed E-state index contributed by atoms with van der Waals surface area (Å²) in [5.41, 5.74) is 2.81. The molecule has 5 nitrogen and oxygen atoms in total. The molecule has 0 aliphatic carbocycles. The third-order valence-electron chi connectivity index (χ3n) is 4.56. The number of aromatic nitrogens is 1. The number of rotatable bonds is 5. The molecule has 0 spiro atoms. The van der Waals surface area contributed by atoms with Gasteiger partial charge in [0.05, 0.1) is 0 Å². The Kier molecular flexibility index (Phi) is 4.80. The number of likely N-dealkylation sites (tertiary alicyclic amines) is 1. The van der Waals surface area contributed by atoms with Gasteiger partial charge in [0.1, 0.15) is 5.52 Å². The predicted octanol–water partition coefficient (Wildman–Crippen LogP) is 3.23. The maximum absolute atomic E-state index is 12.2. The molecule has 1 N–H and O–H groups in total. The van der Waals surface area contributed by atoms with E-state index in [0.29, 0.717) is 5.89 Å². The molecule has 1 amide bonds. The normalized spacial score (nSPS) is 17.9. The molecule has 1 aromatic heterocycles. The molecule has 5 heteroatoms. The van der Waals surface area contributed by atoms with Crippen LogP contribution in [-0.2, 0) is 11.3 Å². The summed E-state index contributed by atoms with van der Waals surface area (Å²) in [5.74, 6) is 0.331. The van der Waals surface area contributed by atoms with E-state index in [2.05, 4.69) is 39.5 Å². The number of carbonyl (C=O) groups excluding carboxylic acids is 1. The Balaban J connectivity index is 1.29. The molecule has 1 atom stereocenters. The SMILES string of the molecule is O=C(/C=C\c1nc2ccccc2o1)N[C@@H]1CCN(Cc2ccccc2)C1. The van der Waals surface area contributed by atoms with E-state index in [0.717, 1.165) is 37.2 Å². The Morgan fingerprint density at radius 2 is 2.00 bits per heavy atom. The first kappa shape index (κ1) is 16.5. The molecule has 2 heterocycles. The van der Waals surface area contributed by atoms with Crippen LogP contribution in [0.4, 0.5) is 0 Å². The maximum Gasteiger partial charge on any atom is 0.244 e. The smallest absolute Gasteiger partial charge is 0.244 e. The van der Waals surface area contributed by atoms with E-state index in [-0.39, 0.29) is 11.9 Å². The van der Waals surface area contributed by atoms with Gasteiger partial charge in [-0.25, -0.2) is 4.98 Å². The van der Waals surface area contributed by atoms with Crippen molar-refractivity contribution in [3.05, 3.63) is 72.1 Å². The fourth-order valence-electron chi connectivity index (χ4n) is 3.29. The van der Waals surface area contributed by atoms with Gasteiger partial charge in [-0.05, 0) is 24.1 Å². The van der Waals surface area contributed by atoms with Crippen LogP contribution in [-0.4, -0.2) is 34.9 Å². The van der Waals surface area contributed by atoms with Crippen molar-refractivity contribution in [3.8, 4) is 0 Å². The number of oxazole rings is 1. The zero-order valence-electron chi connectivity index (χ0n) is 14.5. The fourth-order valence-corrected chi connectivity index (χ4v) is 3.29. The van der Waals surface area contributed by atoms with Crippen molar-refractivity contribution < 1.29 is 9.21 Å². The van der Waals surface area contributed by atoms with Crippen molar-refractivity contribution >= 4 is 23.1 Å². The molecule has 1 saturated heterocycles. The molecular weight excluding hydrogens is 326 g/mol. The summed E-state index contributed by atoms with van der Waals surface area (Å²) < 4.78 is 5.59. The molecule has 0 radical (unpaired) electrons. The zero-order valence-corrected chi connectivity index (χ0v) is 14.5. The Morgan fingerprint density at radius 3 is 2.85 bits per heavy atom. The van der Waals surface area contributed by atoms with Crippen molar-refractivity contribution in [1.29, 1.82) is 0 Å². The molecule has 0 bridgehead atoms. The Labute approximate surface area is 152 Å². The molecule has 26 heavy (non-hydrogen) atoms. The fraction of sp³-hybridized carbons (Fsp3) is 0.238. The van der Waals surface area contributed by atoms with E-state index in [1.807, 2.05) is 30.3 Å². The average molecular weight is 347 g/mol. The first-order valence-electron chi connectivity index (χ1n) is 8.87. The molecular formula is C21H21N3O2. The summed E-state index contributed by atoms with van der Waals surface area (Å²) >= 11 is 0. The van der Waals surface area contributed by atoms with E-state index in [1.165, 1.54) is 11.6 Å².